The van der Waals surface area contributed by atoms with E-state index in [-0.39, 0.29) is 17.7 Å². The molecule has 1 unspecified atom stereocenters. The van der Waals surface area contributed by atoms with E-state index in [1.54, 1.807) is 12.3 Å². The van der Waals surface area contributed by atoms with Gasteiger partial charge in [-0.05, 0) is 42.8 Å². The number of piperidine rings is 1. The highest BCUT2D eigenvalue weighted by Gasteiger charge is 2.24. The largest absolute Gasteiger partial charge is 0.355 e. The number of hydrogen-bond acceptors (Lipinski definition) is 7. The molecule has 0 spiro atoms. The lowest BCUT2D eigenvalue weighted by Crippen LogP contribution is -2.40. The number of anilines is 5. The Labute approximate surface area is 173 Å². The molecule has 0 aliphatic carbocycles. The number of nitrogens with zero attached hydrogens (tertiary/aromatic N) is 3. The summed E-state index contributed by atoms with van der Waals surface area (Å²) < 4.78 is 0. The molecule has 152 valence electrons. The molecule has 1 aliphatic rings. The van der Waals surface area contributed by atoms with Crippen LogP contribution >= 0.6 is 0 Å². The highest BCUT2D eigenvalue weighted by molar-refractivity contribution is 5.94. The molecule has 4 rings (SSSR count). The second kappa shape index (κ2) is 8.99. The minimum absolute atomic E-state index is 0.00223. The molecule has 3 aromatic rings. The lowest BCUT2D eigenvalue weighted by atomic mass is 9.98. The summed E-state index contributed by atoms with van der Waals surface area (Å²) in [6.45, 7) is 0.382. The first-order valence-corrected chi connectivity index (χ1v) is 9.60. The molecule has 3 heterocycles. The van der Waals surface area contributed by atoms with Crippen LogP contribution < -0.4 is 21.3 Å². The van der Waals surface area contributed by atoms with Crippen LogP contribution in [0.25, 0.3) is 0 Å². The highest BCUT2D eigenvalue weighted by atomic mass is 16.2. The summed E-state index contributed by atoms with van der Waals surface area (Å²) in [7, 11) is 0. The van der Waals surface area contributed by atoms with Crippen LogP contribution in [0.4, 0.5) is 28.8 Å². The van der Waals surface area contributed by atoms with Crippen molar-refractivity contribution in [2.24, 2.45) is 5.92 Å². The number of nitrogens with one attached hydrogen (secondary N) is 4. The summed E-state index contributed by atoms with van der Waals surface area (Å²) in [6, 6.07) is 14.7. The van der Waals surface area contributed by atoms with Gasteiger partial charge in [-0.3, -0.25) is 9.59 Å². The second-order valence-electron chi connectivity index (χ2n) is 6.86. The van der Waals surface area contributed by atoms with Gasteiger partial charge in [-0.2, -0.15) is 0 Å². The minimum atomic E-state index is -0.202. The Hall–Kier alpha value is -4.01. The molecule has 9 heteroatoms. The standard InChI is InChI=1S/C21H21N7O2/c29-20-9-4-14(12-23-20)21(30)27-16-7-5-15(6-8-16)26-18-11-19(25-13-24-18)28-17-3-1-2-10-22-17/h1-3,5-8,10-11,13-14H,4,9,12H2,(H,23,29)(H,27,30)(H2,22,24,25,26,28). The molecule has 0 bridgehead atoms. The predicted molar refractivity (Wildman–Crippen MR) is 114 cm³/mol. The Morgan fingerprint density at radius 1 is 0.933 bits per heavy atom. The summed E-state index contributed by atoms with van der Waals surface area (Å²) in [5.41, 5.74) is 1.52. The third kappa shape index (κ3) is 5.07. The maximum Gasteiger partial charge on any atom is 0.229 e. The third-order valence-electron chi connectivity index (χ3n) is 4.65. The number of amides is 2. The Morgan fingerprint density at radius 2 is 1.70 bits per heavy atom. The quantitative estimate of drug-likeness (QED) is 0.499. The van der Waals surface area contributed by atoms with Crippen LogP contribution in [0.3, 0.4) is 0 Å². The molecule has 1 fully saturated rings. The van der Waals surface area contributed by atoms with Crippen molar-refractivity contribution in [2.75, 3.05) is 22.5 Å². The first-order chi connectivity index (χ1) is 14.7. The van der Waals surface area contributed by atoms with Gasteiger partial charge >= 0.3 is 0 Å². The van der Waals surface area contributed by atoms with E-state index < -0.39 is 0 Å². The SMILES string of the molecule is O=C1CCC(C(=O)Nc2ccc(Nc3cc(Nc4ccccn4)ncn3)cc2)CN1. The van der Waals surface area contributed by atoms with E-state index in [0.717, 1.165) is 5.69 Å². The number of hydrogen-bond donors (Lipinski definition) is 4. The van der Waals surface area contributed by atoms with Crippen molar-refractivity contribution in [3.8, 4) is 0 Å². The first-order valence-electron chi connectivity index (χ1n) is 9.60. The van der Waals surface area contributed by atoms with Crippen molar-refractivity contribution in [2.45, 2.75) is 12.8 Å². The molecule has 1 aliphatic heterocycles. The van der Waals surface area contributed by atoms with E-state index in [9.17, 15) is 9.59 Å². The van der Waals surface area contributed by atoms with Crippen LogP contribution in [-0.4, -0.2) is 33.3 Å². The van der Waals surface area contributed by atoms with Gasteiger partial charge in [0.25, 0.3) is 0 Å². The van der Waals surface area contributed by atoms with Gasteiger partial charge in [-0.15, -0.1) is 0 Å². The zero-order valence-corrected chi connectivity index (χ0v) is 16.1. The van der Waals surface area contributed by atoms with Gasteiger partial charge in [0, 0.05) is 36.6 Å². The molecule has 4 N–H and O–H groups in total. The Kier molecular flexibility index (Phi) is 5.79. The average Bonchev–Trinajstić information content (AvgIpc) is 2.76. The van der Waals surface area contributed by atoms with Gasteiger partial charge in [0.05, 0.1) is 5.92 Å². The Bertz CT molecular complexity index is 1020. The van der Waals surface area contributed by atoms with Gasteiger partial charge in [0.1, 0.15) is 23.8 Å². The number of carbonyl (C=O) groups is 2. The molecule has 2 amide bonds. The third-order valence-corrected chi connectivity index (χ3v) is 4.65. The maximum atomic E-state index is 12.3. The van der Waals surface area contributed by atoms with Gasteiger partial charge in [-0.25, -0.2) is 15.0 Å². The van der Waals surface area contributed by atoms with E-state index >= 15 is 0 Å². The number of benzene rings is 1. The summed E-state index contributed by atoms with van der Waals surface area (Å²) in [6.07, 6.45) is 4.12. The van der Waals surface area contributed by atoms with Gasteiger partial charge in [-0.1, -0.05) is 6.07 Å². The van der Waals surface area contributed by atoms with Crippen molar-refractivity contribution in [3.05, 3.63) is 61.1 Å². The van der Waals surface area contributed by atoms with E-state index in [4.69, 9.17) is 0 Å². The molecule has 9 nitrogen and oxygen atoms in total. The zero-order chi connectivity index (χ0) is 20.8. The van der Waals surface area contributed by atoms with Gasteiger partial charge in [0.15, 0.2) is 0 Å². The Morgan fingerprint density at radius 3 is 2.40 bits per heavy atom. The molecule has 1 atom stereocenters. The monoisotopic (exact) mass is 403 g/mol. The minimum Gasteiger partial charge on any atom is -0.355 e. The molecule has 1 saturated heterocycles. The van der Waals surface area contributed by atoms with Crippen molar-refractivity contribution in [1.82, 2.24) is 20.3 Å². The van der Waals surface area contributed by atoms with E-state index in [1.807, 2.05) is 42.5 Å². The number of pyridine rings is 1. The predicted octanol–water partition coefficient (Wildman–Crippen LogP) is 2.82. The van der Waals surface area contributed by atoms with E-state index in [2.05, 4.69) is 36.2 Å². The first kappa shape index (κ1) is 19.3. The van der Waals surface area contributed by atoms with E-state index in [1.165, 1.54) is 6.33 Å². The van der Waals surface area contributed by atoms with Crippen LogP contribution in [0.2, 0.25) is 0 Å². The van der Waals surface area contributed by atoms with Crippen LogP contribution in [0.15, 0.2) is 61.1 Å². The lowest BCUT2D eigenvalue weighted by Gasteiger charge is -2.21. The number of carbonyl (C=O) groups excluding carboxylic acids is 2. The highest BCUT2D eigenvalue weighted by Crippen LogP contribution is 2.21. The fourth-order valence-corrected chi connectivity index (χ4v) is 3.05. The summed E-state index contributed by atoms with van der Waals surface area (Å²) in [4.78, 5) is 36.2. The van der Waals surface area contributed by atoms with Gasteiger partial charge in [0.2, 0.25) is 11.8 Å². The summed E-state index contributed by atoms with van der Waals surface area (Å²) in [5.74, 6) is 1.65. The van der Waals surface area contributed by atoms with Crippen molar-refractivity contribution >= 4 is 40.6 Å². The zero-order valence-electron chi connectivity index (χ0n) is 16.1. The van der Waals surface area contributed by atoms with Crippen LogP contribution in [-0.2, 0) is 9.59 Å². The smallest absolute Gasteiger partial charge is 0.229 e. The maximum absolute atomic E-state index is 12.3. The normalized spacial score (nSPS) is 15.7. The second-order valence-corrected chi connectivity index (χ2v) is 6.86. The number of aromatic nitrogens is 3. The fourth-order valence-electron chi connectivity index (χ4n) is 3.05. The summed E-state index contributed by atoms with van der Waals surface area (Å²) in [5, 5.41) is 11.9. The van der Waals surface area contributed by atoms with Crippen molar-refractivity contribution in [1.29, 1.82) is 0 Å². The molecule has 0 radical (unpaired) electrons. The van der Waals surface area contributed by atoms with Crippen LogP contribution in [0.5, 0.6) is 0 Å². The topological polar surface area (TPSA) is 121 Å². The van der Waals surface area contributed by atoms with Gasteiger partial charge < -0.3 is 21.3 Å². The summed E-state index contributed by atoms with van der Waals surface area (Å²) >= 11 is 0. The van der Waals surface area contributed by atoms with Crippen LogP contribution in [0, 0.1) is 5.92 Å². The molecular weight excluding hydrogens is 382 g/mol. The van der Waals surface area contributed by atoms with Crippen molar-refractivity contribution in [3.63, 3.8) is 0 Å². The average molecular weight is 403 g/mol. The molecular formula is C21H21N7O2. The van der Waals surface area contributed by atoms with Crippen molar-refractivity contribution < 1.29 is 9.59 Å². The molecule has 0 saturated carbocycles. The molecule has 30 heavy (non-hydrogen) atoms. The molecule has 1 aromatic carbocycles. The Balaban J connectivity index is 1.35. The van der Waals surface area contributed by atoms with E-state index in [0.29, 0.717) is 42.5 Å². The fraction of sp³-hybridized carbons (Fsp3) is 0.190. The molecule has 2 aromatic heterocycles. The lowest BCUT2D eigenvalue weighted by molar-refractivity contribution is -0.126. The van der Waals surface area contributed by atoms with Crippen LogP contribution in [0.1, 0.15) is 12.8 Å². The number of rotatable bonds is 6.